The van der Waals surface area contributed by atoms with Crippen LogP contribution in [0.3, 0.4) is 0 Å². The summed E-state index contributed by atoms with van der Waals surface area (Å²) in [6.45, 7) is 5.95. The quantitative estimate of drug-likeness (QED) is 0.397. The number of rotatable bonds is 7. The van der Waals surface area contributed by atoms with Crippen molar-refractivity contribution in [3.8, 4) is 0 Å². The van der Waals surface area contributed by atoms with E-state index in [1.807, 2.05) is 0 Å². The highest BCUT2D eigenvalue weighted by Crippen LogP contribution is 2.38. The van der Waals surface area contributed by atoms with Gasteiger partial charge >= 0.3 is 12.4 Å². The van der Waals surface area contributed by atoms with E-state index in [9.17, 15) is 26.3 Å². The smallest absolute Gasteiger partial charge is 0.299 e. The fourth-order valence-electron chi connectivity index (χ4n) is 5.50. The van der Waals surface area contributed by atoms with Gasteiger partial charge in [-0.25, -0.2) is 0 Å². The first kappa shape index (κ1) is 25.0. The average molecular weight is 485 g/mol. The molecule has 0 radical (unpaired) electrons. The van der Waals surface area contributed by atoms with Crippen molar-refractivity contribution in [3.05, 3.63) is 70.8 Å². The van der Waals surface area contributed by atoms with Crippen molar-refractivity contribution < 1.29 is 26.3 Å². The second kappa shape index (κ2) is 9.90. The topological polar surface area (TPSA) is 6.48 Å². The third-order valence-electron chi connectivity index (χ3n) is 7.38. The van der Waals surface area contributed by atoms with Gasteiger partial charge in [-0.05, 0) is 66.6 Å². The number of benzene rings is 2. The molecular formula is C26H30F6N2. The Bertz CT molecular complexity index is 876. The van der Waals surface area contributed by atoms with Gasteiger partial charge in [0.2, 0.25) is 0 Å². The fourth-order valence-corrected chi connectivity index (χ4v) is 5.50. The van der Waals surface area contributed by atoms with Gasteiger partial charge in [-0.2, -0.15) is 26.3 Å². The Labute approximate surface area is 196 Å². The molecule has 0 aromatic heterocycles. The van der Waals surface area contributed by atoms with E-state index in [1.54, 1.807) is 0 Å². The van der Waals surface area contributed by atoms with E-state index in [2.05, 4.69) is 16.7 Å². The van der Waals surface area contributed by atoms with Gasteiger partial charge in [-0.3, -0.25) is 9.80 Å². The maximum Gasteiger partial charge on any atom is 0.416 e. The summed E-state index contributed by atoms with van der Waals surface area (Å²) in [6.07, 6.45) is -5.32. The molecule has 34 heavy (non-hydrogen) atoms. The lowest BCUT2D eigenvalue weighted by Crippen LogP contribution is -2.56. The van der Waals surface area contributed by atoms with Gasteiger partial charge in [0.15, 0.2) is 0 Å². The highest BCUT2D eigenvalue weighted by molar-refractivity contribution is 5.26. The van der Waals surface area contributed by atoms with Crippen molar-refractivity contribution in [3.63, 3.8) is 0 Å². The molecule has 3 aliphatic heterocycles. The molecule has 3 heterocycles. The minimum Gasteiger partial charge on any atom is -0.299 e. The zero-order chi connectivity index (χ0) is 24.5. The first-order chi connectivity index (χ1) is 16.0. The average Bonchev–Trinajstić information content (AvgIpc) is 2.79. The molecule has 0 N–H and O–H groups in total. The van der Waals surface area contributed by atoms with Gasteiger partial charge in [0.25, 0.3) is 0 Å². The number of hydrogen-bond acceptors (Lipinski definition) is 2. The summed E-state index contributed by atoms with van der Waals surface area (Å²) >= 11 is 0. The van der Waals surface area contributed by atoms with Crippen LogP contribution in [-0.2, 0) is 25.4 Å². The van der Waals surface area contributed by atoms with Crippen molar-refractivity contribution in [1.29, 1.82) is 0 Å². The maximum atomic E-state index is 12.9. The predicted molar refractivity (Wildman–Crippen MR) is 119 cm³/mol. The molecule has 0 spiro atoms. The summed E-state index contributed by atoms with van der Waals surface area (Å²) in [5.74, 6) is 1.40. The van der Waals surface area contributed by atoms with Crippen LogP contribution in [0.4, 0.5) is 26.3 Å². The van der Waals surface area contributed by atoms with Gasteiger partial charge in [-0.1, -0.05) is 37.6 Å². The Kier molecular flexibility index (Phi) is 7.29. The van der Waals surface area contributed by atoms with Crippen molar-refractivity contribution >= 4 is 0 Å². The molecule has 0 aliphatic carbocycles. The molecule has 186 valence electrons. The standard InChI is InChI=1S/C26H30F6N2/c1-2-20-16-34-12-11-21(20)13-24(34)17-33(14-18-3-7-22(8-4-18)25(27,28)29)15-19-5-9-23(10-6-19)26(30,31)32/h3-10,20-21,24H,2,11-17H2,1H3. The summed E-state index contributed by atoms with van der Waals surface area (Å²) in [6, 6.07) is 10.7. The molecule has 3 aliphatic rings. The highest BCUT2D eigenvalue weighted by Gasteiger charge is 2.39. The Morgan fingerprint density at radius 1 is 0.824 bits per heavy atom. The molecule has 2 aromatic carbocycles. The van der Waals surface area contributed by atoms with Crippen LogP contribution in [0.25, 0.3) is 0 Å². The molecule has 3 saturated heterocycles. The molecule has 2 bridgehead atoms. The molecule has 3 fully saturated rings. The van der Waals surface area contributed by atoms with E-state index in [0.717, 1.165) is 67.9 Å². The van der Waals surface area contributed by atoms with Crippen molar-refractivity contribution in [2.45, 2.75) is 57.7 Å². The lowest BCUT2D eigenvalue weighted by atomic mass is 9.74. The van der Waals surface area contributed by atoms with E-state index in [4.69, 9.17) is 0 Å². The van der Waals surface area contributed by atoms with Gasteiger partial charge in [0.1, 0.15) is 0 Å². The maximum absolute atomic E-state index is 12.9. The van der Waals surface area contributed by atoms with Crippen LogP contribution in [-0.4, -0.2) is 35.5 Å². The number of hydrogen-bond donors (Lipinski definition) is 0. The van der Waals surface area contributed by atoms with Crippen LogP contribution >= 0.6 is 0 Å². The molecule has 0 saturated carbocycles. The molecule has 5 rings (SSSR count). The van der Waals surface area contributed by atoms with Gasteiger partial charge in [0, 0.05) is 32.2 Å². The van der Waals surface area contributed by atoms with E-state index in [-0.39, 0.29) is 0 Å². The zero-order valence-electron chi connectivity index (χ0n) is 19.2. The largest absolute Gasteiger partial charge is 0.416 e. The van der Waals surface area contributed by atoms with Gasteiger partial charge < -0.3 is 0 Å². The molecule has 2 aromatic rings. The van der Waals surface area contributed by atoms with Crippen LogP contribution < -0.4 is 0 Å². The van der Waals surface area contributed by atoms with E-state index in [0.29, 0.717) is 31.0 Å². The molecule has 4 atom stereocenters. The second-order valence-electron chi connectivity index (χ2n) is 9.66. The van der Waals surface area contributed by atoms with Crippen molar-refractivity contribution in [2.75, 3.05) is 19.6 Å². The fraction of sp³-hybridized carbons (Fsp3) is 0.538. The monoisotopic (exact) mass is 484 g/mol. The van der Waals surface area contributed by atoms with E-state index in [1.165, 1.54) is 30.7 Å². The Hall–Kier alpha value is -2.06. The third kappa shape index (κ3) is 5.95. The van der Waals surface area contributed by atoms with Gasteiger partial charge in [0.05, 0.1) is 11.1 Å². The first-order valence-corrected chi connectivity index (χ1v) is 11.8. The minimum absolute atomic E-state index is 0.352. The number of alkyl halides is 6. The third-order valence-corrected chi connectivity index (χ3v) is 7.38. The van der Waals surface area contributed by atoms with E-state index < -0.39 is 23.5 Å². The zero-order valence-corrected chi connectivity index (χ0v) is 19.2. The van der Waals surface area contributed by atoms with Crippen LogP contribution in [0.5, 0.6) is 0 Å². The lowest BCUT2D eigenvalue weighted by Gasteiger charge is -2.51. The number of nitrogens with zero attached hydrogens (tertiary/aromatic N) is 2. The van der Waals surface area contributed by atoms with Crippen LogP contribution in [0.1, 0.15) is 48.4 Å². The molecular weight excluding hydrogens is 454 g/mol. The summed E-state index contributed by atoms with van der Waals surface area (Å²) in [5.41, 5.74) is 0.128. The Morgan fingerprint density at radius 2 is 1.32 bits per heavy atom. The minimum atomic E-state index is -4.39. The predicted octanol–water partition coefficient (Wildman–Crippen LogP) is 6.85. The van der Waals surface area contributed by atoms with Crippen LogP contribution in [0.15, 0.2) is 48.5 Å². The molecule has 0 amide bonds. The van der Waals surface area contributed by atoms with Crippen molar-refractivity contribution in [1.82, 2.24) is 9.80 Å². The Balaban J connectivity index is 1.50. The SMILES string of the molecule is CCC1CN2CCC1CC2CN(Cc1ccc(C(F)(F)F)cc1)Cc1ccc(C(F)(F)F)cc1. The summed E-state index contributed by atoms with van der Waals surface area (Å²) in [5, 5.41) is 0. The summed E-state index contributed by atoms with van der Waals surface area (Å²) in [7, 11) is 0. The number of fused-ring (bicyclic) bond motifs is 3. The lowest BCUT2D eigenvalue weighted by molar-refractivity contribution is -0.138. The molecule has 4 unspecified atom stereocenters. The second-order valence-corrected chi connectivity index (χ2v) is 9.66. The normalized spacial score (nSPS) is 25.2. The van der Waals surface area contributed by atoms with Crippen LogP contribution in [0.2, 0.25) is 0 Å². The van der Waals surface area contributed by atoms with Crippen LogP contribution in [0, 0.1) is 11.8 Å². The number of halogens is 6. The summed E-state index contributed by atoms with van der Waals surface area (Å²) < 4.78 is 77.7. The highest BCUT2D eigenvalue weighted by atomic mass is 19.4. The molecule has 8 heteroatoms. The van der Waals surface area contributed by atoms with Gasteiger partial charge in [-0.15, -0.1) is 0 Å². The Morgan fingerprint density at radius 3 is 1.71 bits per heavy atom. The number of piperidine rings is 3. The summed E-state index contributed by atoms with van der Waals surface area (Å²) in [4.78, 5) is 4.66. The first-order valence-electron chi connectivity index (χ1n) is 11.8. The molecule has 2 nitrogen and oxygen atoms in total. The van der Waals surface area contributed by atoms with Crippen molar-refractivity contribution in [2.24, 2.45) is 11.8 Å². The van der Waals surface area contributed by atoms with E-state index >= 15 is 0 Å².